The Hall–Kier alpha value is -3.71. The van der Waals surface area contributed by atoms with Gasteiger partial charge in [-0.1, -0.05) is 42.5 Å². The van der Waals surface area contributed by atoms with E-state index in [1.54, 1.807) is 24.3 Å². The molecular weight excluding hydrogens is 525 g/mol. The normalized spacial score (nSPS) is 16.6. The quantitative estimate of drug-likeness (QED) is 0.267. The van der Waals surface area contributed by atoms with Gasteiger partial charge in [0.15, 0.2) is 5.82 Å². The molecule has 0 radical (unpaired) electrons. The summed E-state index contributed by atoms with van der Waals surface area (Å²) in [5.74, 6) is 7.41. The molecule has 3 heterocycles. The second kappa shape index (κ2) is 11.8. The molecule has 1 saturated heterocycles. The molecule has 1 amide bonds. The van der Waals surface area contributed by atoms with E-state index in [1.165, 1.54) is 29.8 Å². The minimum Gasteiger partial charge on any atom is -0.487 e. The summed E-state index contributed by atoms with van der Waals surface area (Å²) in [6.45, 7) is 2.77. The highest BCUT2D eigenvalue weighted by Crippen LogP contribution is 2.33. The molecule has 194 valence electrons. The smallest absolute Gasteiger partial charge is 0.219 e. The van der Waals surface area contributed by atoms with Gasteiger partial charge >= 0.3 is 0 Å². The minimum absolute atomic E-state index is 0.0230. The number of halogens is 2. The third kappa shape index (κ3) is 6.40. The SMILES string of the molecule is CCC(=O)N[C@@H]1CN[C@@H](C#Cc2cc3ncnc(Nc4ccc(OCc5cccc(F)c5)c(Cl)c4)c3s2)C1. The Morgan fingerprint density at radius 3 is 2.97 bits per heavy atom. The summed E-state index contributed by atoms with van der Waals surface area (Å²) < 4.78 is 20.0. The fraction of sp³-hybridized carbons (Fsp3) is 0.250. The number of hydrogen-bond acceptors (Lipinski definition) is 7. The van der Waals surface area contributed by atoms with Gasteiger partial charge in [-0.15, -0.1) is 11.3 Å². The van der Waals surface area contributed by atoms with Gasteiger partial charge in [0.05, 0.1) is 26.2 Å². The van der Waals surface area contributed by atoms with Crippen molar-refractivity contribution in [1.82, 2.24) is 20.6 Å². The molecule has 0 bridgehead atoms. The van der Waals surface area contributed by atoms with Crippen LogP contribution in [0.15, 0.2) is 54.9 Å². The molecule has 1 fully saturated rings. The zero-order chi connectivity index (χ0) is 26.5. The van der Waals surface area contributed by atoms with Crippen LogP contribution in [-0.2, 0) is 11.4 Å². The number of carbonyl (C=O) groups is 1. The van der Waals surface area contributed by atoms with Gasteiger partial charge in [-0.05, 0) is 48.4 Å². The first-order valence-corrected chi connectivity index (χ1v) is 13.4. The molecule has 2 aromatic carbocycles. The summed E-state index contributed by atoms with van der Waals surface area (Å²) in [5, 5.41) is 10.1. The molecule has 1 aliphatic rings. The molecule has 38 heavy (non-hydrogen) atoms. The molecule has 0 spiro atoms. The Labute approximate surface area is 228 Å². The van der Waals surface area contributed by atoms with Crippen molar-refractivity contribution >= 4 is 50.6 Å². The predicted octanol–water partition coefficient (Wildman–Crippen LogP) is 5.41. The largest absolute Gasteiger partial charge is 0.487 e. The van der Waals surface area contributed by atoms with E-state index in [2.05, 4.69) is 37.8 Å². The number of carbonyl (C=O) groups excluding carboxylic acids is 1. The Morgan fingerprint density at radius 2 is 2.16 bits per heavy atom. The molecule has 2 atom stereocenters. The Kier molecular flexibility index (Phi) is 8.03. The monoisotopic (exact) mass is 549 g/mol. The van der Waals surface area contributed by atoms with Crippen LogP contribution in [0.1, 0.15) is 30.2 Å². The molecule has 10 heteroatoms. The fourth-order valence-corrected chi connectivity index (χ4v) is 5.22. The second-order valence-corrected chi connectivity index (χ2v) is 10.3. The topological polar surface area (TPSA) is 88.2 Å². The number of benzene rings is 2. The van der Waals surface area contributed by atoms with Crippen molar-refractivity contribution in [3.05, 3.63) is 76.1 Å². The van der Waals surface area contributed by atoms with Crippen LogP contribution in [0, 0.1) is 17.7 Å². The number of hydrogen-bond donors (Lipinski definition) is 3. The van der Waals surface area contributed by atoms with Crippen LogP contribution >= 0.6 is 22.9 Å². The average molecular weight is 550 g/mol. The highest BCUT2D eigenvalue weighted by atomic mass is 35.5. The van der Waals surface area contributed by atoms with Gasteiger partial charge in [0.25, 0.3) is 0 Å². The lowest BCUT2D eigenvalue weighted by molar-refractivity contribution is -0.121. The summed E-state index contributed by atoms with van der Waals surface area (Å²) in [6, 6.07) is 13.7. The third-order valence-electron chi connectivity index (χ3n) is 5.98. The van der Waals surface area contributed by atoms with E-state index < -0.39 is 0 Å². The van der Waals surface area contributed by atoms with Gasteiger partial charge in [0.1, 0.15) is 24.5 Å². The van der Waals surface area contributed by atoms with E-state index in [4.69, 9.17) is 16.3 Å². The Morgan fingerprint density at radius 1 is 1.26 bits per heavy atom. The fourth-order valence-electron chi connectivity index (χ4n) is 4.07. The molecule has 0 saturated carbocycles. The second-order valence-electron chi connectivity index (χ2n) is 8.82. The average Bonchev–Trinajstić information content (AvgIpc) is 3.54. The zero-order valence-corrected chi connectivity index (χ0v) is 22.1. The van der Waals surface area contributed by atoms with Crippen molar-refractivity contribution in [2.45, 2.75) is 38.5 Å². The van der Waals surface area contributed by atoms with Crippen molar-refractivity contribution in [1.29, 1.82) is 0 Å². The van der Waals surface area contributed by atoms with Crippen molar-refractivity contribution in [2.24, 2.45) is 0 Å². The highest BCUT2D eigenvalue weighted by Gasteiger charge is 2.23. The van der Waals surface area contributed by atoms with Crippen molar-refractivity contribution in [3.63, 3.8) is 0 Å². The number of amides is 1. The standard InChI is InChI=1S/C28H25ClFN5O2S/c1-2-26(36)34-21-11-19(31-14-21)6-8-22-13-24-27(38-22)28(33-16-32-24)35-20-7-9-25(23(29)12-20)37-15-17-4-3-5-18(30)10-17/h3-5,7,9-10,12-13,16,19,21,31H,2,11,14-15H2,1H3,(H,34,36)(H,32,33,35)/t19-,21-/m0/s1. The van der Waals surface area contributed by atoms with Gasteiger partial charge < -0.3 is 20.7 Å². The molecule has 4 aromatic rings. The number of nitrogens with zero attached hydrogens (tertiary/aromatic N) is 2. The first-order chi connectivity index (χ1) is 18.5. The number of fused-ring (bicyclic) bond motifs is 1. The maximum absolute atomic E-state index is 13.4. The summed E-state index contributed by atoms with van der Waals surface area (Å²) in [5.41, 5.74) is 2.25. The van der Waals surface area contributed by atoms with Crippen molar-refractivity contribution < 1.29 is 13.9 Å². The number of nitrogens with one attached hydrogen (secondary N) is 3. The number of ether oxygens (including phenoxy) is 1. The summed E-state index contributed by atoms with van der Waals surface area (Å²) in [4.78, 5) is 21.3. The van der Waals surface area contributed by atoms with Crippen molar-refractivity contribution in [3.8, 4) is 17.6 Å². The lowest BCUT2D eigenvalue weighted by atomic mass is 10.1. The first kappa shape index (κ1) is 25.9. The molecular formula is C28H25ClFN5O2S. The summed E-state index contributed by atoms with van der Waals surface area (Å²) in [6.07, 6.45) is 2.76. The highest BCUT2D eigenvalue weighted by molar-refractivity contribution is 7.20. The molecule has 5 rings (SSSR count). The first-order valence-electron chi connectivity index (χ1n) is 12.2. The van der Waals surface area contributed by atoms with Gasteiger partial charge in [-0.25, -0.2) is 14.4 Å². The van der Waals surface area contributed by atoms with Crippen LogP contribution in [0.5, 0.6) is 5.75 Å². The zero-order valence-electron chi connectivity index (χ0n) is 20.6. The van der Waals surface area contributed by atoms with Gasteiger partial charge in [-0.3, -0.25) is 4.79 Å². The van der Waals surface area contributed by atoms with E-state index in [-0.39, 0.29) is 30.4 Å². The molecule has 7 nitrogen and oxygen atoms in total. The van der Waals surface area contributed by atoms with Crippen LogP contribution in [-0.4, -0.2) is 34.5 Å². The van der Waals surface area contributed by atoms with Crippen LogP contribution in [0.3, 0.4) is 0 Å². The van der Waals surface area contributed by atoms with E-state index in [0.29, 0.717) is 29.6 Å². The number of anilines is 2. The van der Waals surface area contributed by atoms with Crippen LogP contribution < -0.4 is 20.7 Å². The van der Waals surface area contributed by atoms with Gasteiger partial charge in [0.2, 0.25) is 5.91 Å². The predicted molar refractivity (Wildman–Crippen MR) is 148 cm³/mol. The summed E-state index contributed by atoms with van der Waals surface area (Å²) in [7, 11) is 0. The van der Waals surface area contributed by atoms with E-state index in [1.807, 2.05) is 19.1 Å². The molecule has 0 unspecified atom stereocenters. The van der Waals surface area contributed by atoms with E-state index >= 15 is 0 Å². The summed E-state index contributed by atoms with van der Waals surface area (Å²) >= 11 is 7.96. The van der Waals surface area contributed by atoms with Crippen LogP contribution in [0.25, 0.3) is 10.2 Å². The van der Waals surface area contributed by atoms with Crippen molar-refractivity contribution in [2.75, 3.05) is 11.9 Å². The third-order valence-corrected chi connectivity index (χ3v) is 7.32. The van der Waals surface area contributed by atoms with Gasteiger partial charge in [-0.2, -0.15) is 0 Å². The van der Waals surface area contributed by atoms with Gasteiger partial charge in [0, 0.05) is 24.7 Å². The Bertz CT molecular complexity index is 1530. The number of thiophene rings is 1. The molecule has 1 aliphatic heterocycles. The van der Waals surface area contributed by atoms with Crippen LogP contribution in [0.2, 0.25) is 5.02 Å². The van der Waals surface area contributed by atoms with E-state index in [9.17, 15) is 9.18 Å². The minimum atomic E-state index is -0.308. The lowest BCUT2D eigenvalue weighted by Crippen LogP contribution is -2.35. The Balaban J connectivity index is 1.25. The number of rotatable bonds is 7. The molecule has 2 aromatic heterocycles. The maximum Gasteiger partial charge on any atom is 0.219 e. The van der Waals surface area contributed by atoms with Crippen LogP contribution in [0.4, 0.5) is 15.9 Å². The maximum atomic E-state index is 13.4. The molecule has 0 aliphatic carbocycles. The van der Waals surface area contributed by atoms with E-state index in [0.717, 1.165) is 32.8 Å². The molecule has 3 N–H and O–H groups in total. The lowest BCUT2D eigenvalue weighted by Gasteiger charge is -2.11. The number of aromatic nitrogens is 2.